The molecule has 0 aliphatic carbocycles. The standard InChI is InChI=1S/C23H24N6O2/c1-28(2)23-26-13-18(15-6-8-16(9-7-15)21(24)30)20(27-23)17-10-12-29(14-17)22(31)19-5-3-4-11-25-19/h3-9,11,13,17H,10,12,14H2,1-2H3,(H2,24,30)/t17-/m1/s1. The Morgan fingerprint density at radius 1 is 1.10 bits per heavy atom. The fraction of sp³-hybridized carbons (Fsp3) is 0.261. The lowest BCUT2D eigenvalue weighted by Crippen LogP contribution is -2.29. The van der Waals surface area contributed by atoms with Gasteiger partial charge in [-0.1, -0.05) is 18.2 Å². The summed E-state index contributed by atoms with van der Waals surface area (Å²) in [6.07, 6.45) is 4.23. The minimum atomic E-state index is -0.467. The molecule has 3 heterocycles. The molecule has 3 aromatic rings. The highest BCUT2D eigenvalue weighted by Gasteiger charge is 2.31. The molecule has 4 rings (SSSR count). The number of aromatic nitrogens is 3. The van der Waals surface area contributed by atoms with Gasteiger partial charge in [0.2, 0.25) is 11.9 Å². The van der Waals surface area contributed by atoms with E-state index in [4.69, 9.17) is 10.7 Å². The van der Waals surface area contributed by atoms with E-state index in [9.17, 15) is 9.59 Å². The molecule has 2 N–H and O–H groups in total. The number of pyridine rings is 1. The Kier molecular flexibility index (Phi) is 5.62. The number of hydrogen-bond acceptors (Lipinski definition) is 6. The van der Waals surface area contributed by atoms with Crippen molar-refractivity contribution in [2.75, 3.05) is 32.1 Å². The van der Waals surface area contributed by atoms with E-state index in [-0.39, 0.29) is 11.8 Å². The van der Waals surface area contributed by atoms with Gasteiger partial charge in [0.1, 0.15) is 5.69 Å². The Morgan fingerprint density at radius 3 is 2.52 bits per heavy atom. The summed E-state index contributed by atoms with van der Waals surface area (Å²) >= 11 is 0. The molecule has 2 aromatic heterocycles. The Balaban J connectivity index is 1.66. The van der Waals surface area contributed by atoms with Crippen LogP contribution in [0.2, 0.25) is 0 Å². The van der Waals surface area contributed by atoms with Crippen molar-refractivity contribution in [3.8, 4) is 11.1 Å². The van der Waals surface area contributed by atoms with Crippen molar-refractivity contribution >= 4 is 17.8 Å². The second kappa shape index (κ2) is 8.51. The fourth-order valence-electron chi connectivity index (χ4n) is 3.77. The average molecular weight is 416 g/mol. The summed E-state index contributed by atoms with van der Waals surface area (Å²) in [5.41, 5.74) is 8.94. The molecular weight excluding hydrogens is 392 g/mol. The number of benzene rings is 1. The first-order chi connectivity index (χ1) is 14.9. The van der Waals surface area contributed by atoms with Gasteiger partial charge in [0.25, 0.3) is 5.91 Å². The van der Waals surface area contributed by atoms with Crippen LogP contribution in [0.4, 0.5) is 5.95 Å². The van der Waals surface area contributed by atoms with E-state index in [2.05, 4.69) is 9.97 Å². The van der Waals surface area contributed by atoms with Gasteiger partial charge >= 0.3 is 0 Å². The molecular formula is C23H24N6O2. The van der Waals surface area contributed by atoms with Crippen molar-refractivity contribution in [1.82, 2.24) is 19.9 Å². The van der Waals surface area contributed by atoms with Crippen LogP contribution in [0.3, 0.4) is 0 Å². The minimum absolute atomic E-state index is 0.0696. The van der Waals surface area contributed by atoms with Gasteiger partial charge < -0.3 is 15.5 Å². The number of nitrogens with zero attached hydrogens (tertiary/aromatic N) is 5. The zero-order valence-corrected chi connectivity index (χ0v) is 17.5. The fourth-order valence-corrected chi connectivity index (χ4v) is 3.77. The molecule has 0 unspecified atom stereocenters. The molecule has 0 saturated carbocycles. The van der Waals surface area contributed by atoms with Gasteiger partial charge in [-0.25, -0.2) is 9.97 Å². The lowest BCUT2D eigenvalue weighted by atomic mass is 9.95. The van der Waals surface area contributed by atoms with Crippen LogP contribution in [0.5, 0.6) is 0 Å². The van der Waals surface area contributed by atoms with Crippen LogP contribution in [-0.4, -0.2) is 58.9 Å². The van der Waals surface area contributed by atoms with Crippen molar-refractivity contribution in [3.63, 3.8) is 0 Å². The molecule has 1 fully saturated rings. The highest BCUT2D eigenvalue weighted by atomic mass is 16.2. The normalized spacial score (nSPS) is 15.7. The van der Waals surface area contributed by atoms with Crippen molar-refractivity contribution < 1.29 is 9.59 Å². The Morgan fingerprint density at radius 2 is 1.87 bits per heavy atom. The van der Waals surface area contributed by atoms with Crippen molar-refractivity contribution in [3.05, 3.63) is 71.8 Å². The van der Waals surface area contributed by atoms with Crippen molar-refractivity contribution in [1.29, 1.82) is 0 Å². The van der Waals surface area contributed by atoms with Gasteiger partial charge in [-0.3, -0.25) is 14.6 Å². The van der Waals surface area contributed by atoms with Crippen LogP contribution in [0, 0.1) is 0 Å². The summed E-state index contributed by atoms with van der Waals surface area (Å²) in [5.74, 6) is 0.144. The Hall–Kier alpha value is -3.81. The quantitative estimate of drug-likeness (QED) is 0.684. The number of carbonyl (C=O) groups excluding carboxylic acids is 2. The van der Waals surface area contributed by atoms with E-state index in [1.165, 1.54) is 0 Å². The number of carbonyl (C=O) groups is 2. The van der Waals surface area contributed by atoms with E-state index in [0.717, 1.165) is 23.2 Å². The third-order valence-electron chi connectivity index (χ3n) is 5.43. The maximum absolute atomic E-state index is 12.8. The molecule has 1 aromatic carbocycles. The van der Waals surface area contributed by atoms with Gasteiger partial charge in [0.15, 0.2) is 0 Å². The van der Waals surface area contributed by atoms with E-state index in [1.54, 1.807) is 36.7 Å². The number of amides is 2. The maximum atomic E-state index is 12.8. The van der Waals surface area contributed by atoms with Crippen molar-refractivity contribution in [2.45, 2.75) is 12.3 Å². The van der Waals surface area contributed by atoms with Gasteiger partial charge in [-0.2, -0.15) is 0 Å². The van der Waals surface area contributed by atoms with Crippen LogP contribution >= 0.6 is 0 Å². The number of likely N-dealkylation sites (tertiary alicyclic amines) is 1. The molecule has 8 heteroatoms. The first kappa shape index (κ1) is 20.5. The van der Waals surface area contributed by atoms with E-state index < -0.39 is 5.91 Å². The van der Waals surface area contributed by atoms with E-state index >= 15 is 0 Å². The maximum Gasteiger partial charge on any atom is 0.272 e. The molecule has 158 valence electrons. The third-order valence-corrected chi connectivity index (χ3v) is 5.43. The highest BCUT2D eigenvalue weighted by molar-refractivity contribution is 5.93. The molecule has 1 saturated heterocycles. The summed E-state index contributed by atoms with van der Waals surface area (Å²) in [6.45, 7) is 1.20. The van der Waals surface area contributed by atoms with Gasteiger partial charge in [0, 0.05) is 56.6 Å². The summed E-state index contributed by atoms with van der Waals surface area (Å²) in [5, 5.41) is 0. The lowest BCUT2D eigenvalue weighted by molar-refractivity contribution is 0.0784. The highest BCUT2D eigenvalue weighted by Crippen LogP contribution is 2.34. The third kappa shape index (κ3) is 4.23. The predicted molar refractivity (Wildman–Crippen MR) is 118 cm³/mol. The topological polar surface area (TPSA) is 105 Å². The Labute approximate surface area is 180 Å². The molecule has 31 heavy (non-hydrogen) atoms. The molecule has 8 nitrogen and oxygen atoms in total. The number of primary amides is 1. The van der Waals surface area contributed by atoms with Crippen LogP contribution in [-0.2, 0) is 0 Å². The van der Waals surface area contributed by atoms with E-state index in [1.807, 2.05) is 42.1 Å². The minimum Gasteiger partial charge on any atom is -0.366 e. The largest absolute Gasteiger partial charge is 0.366 e. The zero-order valence-electron chi connectivity index (χ0n) is 17.5. The zero-order chi connectivity index (χ0) is 22.0. The molecule has 0 radical (unpaired) electrons. The number of hydrogen-bond donors (Lipinski definition) is 1. The van der Waals surface area contributed by atoms with Crippen LogP contribution in [0.15, 0.2) is 54.9 Å². The SMILES string of the molecule is CN(C)c1ncc(-c2ccc(C(N)=O)cc2)c([C@@H]2CCN(C(=O)c3ccccn3)C2)n1. The van der Waals surface area contributed by atoms with E-state index in [0.29, 0.717) is 30.3 Å². The molecule has 1 atom stereocenters. The van der Waals surface area contributed by atoms with Gasteiger partial charge in [0.05, 0.1) is 5.69 Å². The number of rotatable bonds is 5. The van der Waals surface area contributed by atoms with Crippen LogP contribution < -0.4 is 10.6 Å². The summed E-state index contributed by atoms with van der Waals surface area (Å²) in [4.78, 5) is 41.4. The van der Waals surface area contributed by atoms with Crippen LogP contribution in [0.25, 0.3) is 11.1 Å². The molecule has 0 bridgehead atoms. The first-order valence-electron chi connectivity index (χ1n) is 10.1. The van der Waals surface area contributed by atoms with Gasteiger partial charge in [-0.15, -0.1) is 0 Å². The second-order valence-electron chi connectivity index (χ2n) is 7.76. The monoisotopic (exact) mass is 416 g/mol. The molecule has 0 spiro atoms. The average Bonchev–Trinajstić information content (AvgIpc) is 3.29. The molecule has 1 aliphatic rings. The second-order valence-corrected chi connectivity index (χ2v) is 7.76. The van der Waals surface area contributed by atoms with Gasteiger partial charge in [-0.05, 0) is 36.2 Å². The number of nitrogens with two attached hydrogens (primary N) is 1. The molecule has 1 aliphatic heterocycles. The number of anilines is 1. The lowest BCUT2D eigenvalue weighted by Gasteiger charge is -2.19. The molecule has 2 amide bonds. The smallest absolute Gasteiger partial charge is 0.272 e. The van der Waals surface area contributed by atoms with Crippen molar-refractivity contribution in [2.24, 2.45) is 5.73 Å². The first-order valence-corrected chi connectivity index (χ1v) is 10.1. The predicted octanol–water partition coefficient (Wildman–Crippen LogP) is 2.33. The summed E-state index contributed by atoms with van der Waals surface area (Å²) in [6, 6.07) is 12.4. The Bertz CT molecular complexity index is 1100. The van der Waals surface area contributed by atoms with Crippen LogP contribution in [0.1, 0.15) is 38.9 Å². The summed E-state index contributed by atoms with van der Waals surface area (Å²) < 4.78 is 0. The summed E-state index contributed by atoms with van der Waals surface area (Å²) in [7, 11) is 3.79.